The molecule has 1 N–H and O–H groups in total. The van der Waals surface area contributed by atoms with E-state index < -0.39 is 6.04 Å². The van der Waals surface area contributed by atoms with Crippen LogP contribution in [0.5, 0.6) is 0 Å². The summed E-state index contributed by atoms with van der Waals surface area (Å²) in [5.41, 5.74) is 2.12. The van der Waals surface area contributed by atoms with Crippen molar-refractivity contribution in [1.29, 1.82) is 0 Å². The third kappa shape index (κ3) is 3.97. The zero-order chi connectivity index (χ0) is 18.5. The summed E-state index contributed by atoms with van der Waals surface area (Å²) < 4.78 is 20.6. The van der Waals surface area contributed by atoms with Gasteiger partial charge >= 0.3 is 0 Å². The molecule has 6 heteroatoms. The zero-order valence-electron chi connectivity index (χ0n) is 14.6. The molecule has 0 fully saturated rings. The van der Waals surface area contributed by atoms with E-state index in [2.05, 4.69) is 10.3 Å². The number of amides is 1. The maximum absolute atomic E-state index is 13.7. The summed E-state index contributed by atoms with van der Waals surface area (Å²) in [5.74, 6) is 0.00561. The molecule has 1 aromatic heterocycles. The molecule has 0 saturated carbocycles. The van der Waals surface area contributed by atoms with Crippen LogP contribution in [0, 0.1) is 5.82 Å². The number of aryl methyl sites for hydroxylation is 1. The van der Waals surface area contributed by atoms with Gasteiger partial charge in [-0.3, -0.25) is 4.79 Å². The lowest BCUT2D eigenvalue weighted by Gasteiger charge is -2.19. The molecular formula is C20H20FN3O2. The van der Waals surface area contributed by atoms with Gasteiger partial charge in [-0.1, -0.05) is 24.3 Å². The fourth-order valence-electron chi connectivity index (χ4n) is 2.77. The Morgan fingerprint density at radius 2 is 2.04 bits per heavy atom. The third-order valence-corrected chi connectivity index (χ3v) is 4.10. The minimum atomic E-state index is -0.558. The van der Waals surface area contributed by atoms with Crippen LogP contribution in [0.3, 0.4) is 0 Å². The maximum atomic E-state index is 13.7. The molecule has 5 nitrogen and oxygen atoms in total. The lowest BCUT2D eigenvalue weighted by molar-refractivity contribution is 0.0941. The topological polar surface area (TPSA) is 56.1 Å². The van der Waals surface area contributed by atoms with Crippen molar-refractivity contribution in [2.75, 3.05) is 7.11 Å². The summed E-state index contributed by atoms with van der Waals surface area (Å²) in [4.78, 5) is 17.0. The Balaban J connectivity index is 1.88. The Morgan fingerprint density at radius 3 is 2.65 bits per heavy atom. The minimum Gasteiger partial charge on any atom is -0.380 e. The molecule has 0 radical (unpaired) electrons. The summed E-state index contributed by atoms with van der Waals surface area (Å²) in [6, 6.07) is 12.8. The van der Waals surface area contributed by atoms with Crippen LogP contribution in [0.25, 0.3) is 0 Å². The second-order valence-corrected chi connectivity index (χ2v) is 5.99. The van der Waals surface area contributed by atoms with Crippen molar-refractivity contribution >= 4 is 5.91 Å². The van der Waals surface area contributed by atoms with Crippen LogP contribution in [-0.2, 0) is 18.4 Å². The molecule has 0 saturated heterocycles. The van der Waals surface area contributed by atoms with Gasteiger partial charge in [-0.25, -0.2) is 9.37 Å². The molecule has 3 aromatic rings. The number of aromatic nitrogens is 2. The van der Waals surface area contributed by atoms with Crippen LogP contribution >= 0.6 is 0 Å². The van der Waals surface area contributed by atoms with Gasteiger partial charge in [0.25, 0.3) is 5.91 Å². The number of ether oxygens (including phenoxy) is 1. The number of carbonyl (C=O) groups excluding carboxylic acids is 1. The van der Waals surface area contributed by atoms with Crippen molar-refractivity contribution in [3.8, 4) is 0 Å². The average molecular weight is 353 g/mol. The van der Waals surface area contributed by atoms with Gasteiger partial charge in [0.15, 0.2) is 0 Å². The number of benzene rings is 2. The average Bonchev–Trinajstić information content (AvgIpc) is 3.06. The Morgan fingerprint density at radius 1 is 1.27 bits per heavy atom. The van der Waals surface area contributed by atoms with Crippen LogP contribution in [-0.4, -0.2) is 22.6 Å². The molecule has 0 spiro atoms. The molecule has 0 aliphatic rings. The highest BCUT2D eigenvalue weighted by molar-refractivity contribution is 5.94. The van der Waals surface area contributed by atoms with Crippen LogP contribution in [0.2, 0.25) is 0 Å². The van der Waals surface area contributed by atoms with Gasteiger partial charge in [0.2, 0.25) is 0 Å². The standard InChI is InChI=1S/C20H20FN3O2/c1-24-11-10-22-19(24)18(16-4-3-5-17(21)12-16)23-20(25)15-8-6-14(7-9-15)13-26-2/h3-12,18H,13H2,1-2H3,(H,23,25). The van der Waals surface area contributed by atoms with Gasteiger partial charge in [-0.2, -0.15) is 0 Å². The first-order chi connectivity index (χ1) is 12.6. The van der Waals surface area contributed by atoms with Crippen molar-refractivity contribution in [2.24, 2.45) is 7.05 Å². The monoisotopic (exact) mass is 353 g/mol. The summed E-state index contributed by atoms with van der Waals surface area (Å²) in [6.45, 7) is 0.487. The summed E-state index contributed by atoms with van der Waals surface area (Å²) in [6.07, 6.45) is 3.43. The largest absolute Gasteiger partial charge is 0.380 e. The first-order valence-corrected chi connectivity index (χ1v) is 8.20. The van der Waals surface area contributed by atoms with E-state index in [9.17, 15) is 9.18 Å². The maximum Gasteiger partial charge on any atom is 0.252 e. The Labute approximate surface area is 151 Å². The van der Waals surface area contributed by atoms with E-state index in [4.69, 9.17) is 4.74 Å². The highest BCUT2D eigenvalue weighted by Crippen LogP contribution is 2.22. The van der Waals surface area contributed by atoms with Gasteiger partial charge in [-0.05, 0) is 35.4 Å². The summed E-state index contributed by atoms with van der Waals surface area (Å²) in [5, 5.41) is 2.95. The molecule has 1 amide bonds. The quantitative estimate of drug-likeness (QED) is 0.740. The number of halogens is 1. The second-order valence-electron chi connectivity index (χ2n) is 5.99. The molecule has 0 aliphatic heterocycles. The molecule has 3 rings (SSSR count). The minimum absolute atomic E-state index is 0.258. The number of rotatable bonds is 6. The fourth-order valence-corrected chi connectivity index (χ4v) is 2.77. The Bertz CT molecular complexity index is 890. The second kappa shape index (κ2) is 7.93. The van der Waals surface area contributed by atoms with Crippen molar-refractivity contribution in [3.05, 3.63) is 89.3 Å². The molecule has 134 valence electrons. The first kappa shape index (κ1) is 17.8. The predicted molar refractivity (Wildman–Crippen MR) is 96.1 cm³/mol. The van der Waals surface area contributed by atoms with Gasteiger partial charge < -0.3 is 14.6 Å². The van der Waals surface area contributed by atoms with Crippen molar-refractivity contribution in [3.63, 3.8) is 0 Å². The van der Waals surface area contributed by atoms with Gasteiger partial charge in [0.1, 0.15) is 17.7 Å². The van der Waals surface area contributed by atoms with E-state index in [0.29, 0.717) is 23.6 Å². The fraction of sp³-hybridized carbons (Fsp3) is 0.200. The number of methoxy groups -OCH3 is 1. The summed E-state index contributed by atoms with van der Waals surface area (Å²) in [7, 11) is 3.46. The van der Waals surface area contributed by atoms with Crippen molar-refractivity contribution in [1.82, 2.24) is 14.9 Å². The van der Waals surface area contributed by atoms with Crippen molar-refractivity contribution < 1.29 is 13.9 Å². The summed E-state index contributed by atoms with van der Waals surface area (Å²) >= 11 is 0. The molecule has 0 bridgehead atoms. The number of hydrogen-bond acceptors (Lipinski definition) is 3. The number of hydrogen-bond donors (Lipinski definition) is 1. The normalized spacial score (nSPS) is 12.0. The van der Waals surface area contributed by atoms with Crippen molar-refractivity contribution in [2.45, 2.75) is 12.6 Å². The Kier molecular flexibility index (Phi) is 5.43. The number of nitrogens with zero attached hydrogens (tertiary/aromatic N) is 2. The smallest absolute Gasteiger partial charge is 0.252 e. The Hall–Kier alpha value is -2.99. The van der Waals surface area contributed by atoms with E-state index in [-0.39, 0.29) is 11.7 Å². The van der Waals surface area contributed by atoms with E-state index in [1.165, 1.54) is 12.1 Å². The molecular weight excluding hydrogens is 333 g/mol. The molecule has 0 aliphatic carbocycles. The number of nitrogens with one attached hydrogen (secondary N) is 1. The molecule has 1 atom stereocenters. The van der Waals surface area contributed by atoms with Crippen LogP contribution in [0.4, 0.5) is 4.39 Å². The molecule has 1 heterocycles. The van der Waals surface area contributed by atoms with E-state index in [0.717, 1.165) is 5.56 Å². The highest BCUT2D eigenvalue weighted by Gasteiger charge is 2.21. The first-order valence-electron chi connectivity index (χ1n) is 8.20. The third-order valence-electron chi connectivity index (χ3n) is 4.10. The molecule has 2 aromatic carbocycles. The zero-order valence-corrected chi connectivity index (χ0v) is 14.6. The van der Waals surface area contributed by atoms with Gasteiger partial charge in [-0.15, -0.1) is 0 Å². The van der Waals surface area contributed by atoms with Gasteiger partial charge in [0.05, 0.1) is 6.61 Å². The van der Waals surface area contributed by atoms with Gasteiger partial charge in [0, 0.05) is 32.1 Å². The van der Waals surface area contributed by atoms with E-state index in [1.54, 1.807) is 48.3 Å². The van der Waals surface area contributed by atoms with E-state index in [1.807, 2.05) is 19.2 Å². The predicted octanol–water partition coefficient (Wildman–Crippen LogP) is 3.23. The molecule has 26 heavy (non-hydrogen) atoms. The van der Waals surface area contributed by atoms with Crippen LogP contribution in [0.1, 0.15) is 33.4 Å². The number of carbonyl (C=O) groups is 1. The highest BCUT2D eigenvalue weighted by atomic mass is 19.1. The van der Waals surface area contributed by atoms with E-state index >= 15 is 0 Å². The van der Waals surface area contributed by atoms with Crippen LogP contribution in [0.15, 0.2) is 60.9 Å². The SMILES string of the molecule is COCc1ccc(C(=O)NC(c2cccc(F)c2)c2nccn2C)cc1. The lowest BCUT2D eigenvalue weighted by atomic mass is 10.0. The molecule has 1 unspecified atom stereocenters. The number of imidazole rings is 1. The van der Waals surface area contributed by atoms with Crippen LogP contribution < -0.4 is 5.32 Å². The lowest BCUT2D eigenvalue weighted by Crippen LogP contribution is -2.31.